The van der Waals surface area contributed by atoms with E-state index in [9.17, 15) is 4.79 Å². The topological polar surface area (TPSA) is 42.4 Å². The van der Waals surface area contributed by atoms with E-state index >= 15 is 0 Å². The third-order valence-electron chi connectivity index (χ3n) is 4.38. The van der Waals surface area contributed by atoms with Crippen LogP contribution in [0.25, 0.3) is 0 Å². The predicted octanol–water partition coefficient (Wildman–Crippen LogP) is 2.37. The summed E-state index contributed by atoms with van der Waals surface area (Å²) in [6, 6.07) is 0. The first-order valence-electron chi connectivity index (χ1n) is 7.26. The van der Waals surface area contributed by atoms with Gasteiger partial charge in [0.15, 0.2) is 5.78 Å². The Morgan fingerprint density at radius 3 is 2.55 bits per heavy atom. The molecule has 1 atom stereocenters. The maximum Gasteiger partial charge on any atom is 0.159 e. The van der Waals surface area contributed by atoms with Gasteiger partial charge in [-0.2, -0.15) is 0 Å². The number of aromatic nitrogens is 1. The summed E-state index contributed by atoms with van der Waals surface area (Å²) in [7, 11) is 0. The lowest BCUT2D eigenvalue weighted by Gasteiger charge is -2.41. The number of thiazole rings is 1. The van der Waals surface area contributed by atoms with E-state index in [-0.39, 0.29) is 5.78 Å². The van der Waals surface area contributed by atoms with Gasteiger partial charge in [-0.25, -0.2) is 4.98 Å². The zero-order chi connectivity index (χ0) is 14.8. The smallest absolute Gasteiger partial charge is 0.159 e. The fraction of sp³-hybridized carbons (Fsp3) is 0.733. The molecule has 0 bridgehead atoms. The van der Waals surface area contributed by atoms with Gasteiger partial charge >= 0.3 is 0 Å². The molecule has 1 aliphatic rings. The predicted molar refractivity (Wildman–Crippen MR) is 81.4 cm³/mol. The van der Waals surface area contributed by atoms with Crippen molar-refractivity contribution >= 4 is 17.1 Å². The molecule has 0 aromatic carbocycles. The molecular formula is C15H24N2O2S. The molecule has 20 heavy (non-hydrogen) atoms. The van der Waals surface area contributed by atoms with Gasteiger partial charge in [0.1, 0.15) is 5.01 Å². The van der Waals surface area contributed by atoms with Crippen molar-refractivity contribution in [3.8, 4) is 0 Å². The van der Waals surface area contributed by atoms with Crippen molar-refractivity contribution in [1.82, 2.24) is 9.88 Å². The van der Waals surface area contributed by atoms with Crippen LogP contribution in [-0.2, 0) is 16.0 Å². The number of morpholine rings is 1. The Bertz CT molecular complexity index is 461. The number of ether oxygens (including phenoxy) is 1. The van der Waals surface area contributed by atoms with Crippen molar-refractivity contribution in [3.63, 3.8) is 0 Å². The van der Waals surface area contributed by atoms with Crippen molar-refractivity contribution in [1.29, 1.82) is 0 Å². The normalized spacial score (nSPS) is 19.8. The molecule has 2 heterocycles. The van der Waals surface area contributed by atoms with Crippen LogP contribution < -0.4 is 0 Å². The Hall–Kier alpha value is -0.780. The van der Waals surface area contributed by atoms with Crippen molar-refractivity contribution < 1.29 is 9.53 Å². The lowest BCUT2D eigenvalue weighted by atomic mass is 9.89. The number of aryl methyl sites for hydroxylation is 2. The monoisotopic (exact) mass is 296 g/mol. The van der Waals surface area contributed by atoms with Crippen LogP contribution in [0, 0.1) is 13.8 Å². The van der Waals surface area contributed by atoms with Gasteiger partial charge in [-0.3, -0.25) is 9.69 Å². The summed E-state index contributed by atoms with van der Waals surface area (Å²) in [5.41, 5.74) is 0.652. The van der Waals surface area contributed by atoms with Crippen molar-refractivity contribution in [2.45, 2.75) is 46.1 Å². The van der Waals surface area contributed by atoms with Gasteiger partial charge in [0.25, 0.3) is 0 Å². The van der Waals surface area contributed by atoms with Crippen LogP contribution >= 0.6 is 11.3 Å². The van der Waals surface area contributed by atoms with Gasteiger partial charge in [0.05, 0.1) is 30.9 Å². The molecule has 0 radical (unpaired) electrons. The maximum atomic E-state index is 12.8. The number of rotatable bonds is 5. The zero-order valence-corrected chi connectivity index (χ0v) is 13.7. The van der Waals surface area contributed by atoms with Gasteiger partial charge in [0, 0.05) is 18.0 Å². The Labute approximate surface area is 125 Å². The average molecular weight is 296 g/mol. The van der Waals surface area contributed by atoms with Gasteiger partial charge in [0.2, 0.25) is 0 Å². The van der Waals surface area contributed by atoms with Crippen LogP contribution in [-0.4, -0.2) is 47.5 Å². The Kier molecular flexibility index (Phi) is 4.94. The summed E-state index contributed by atoms with van der Waals surface area (Å²) < 4.78 is 5.39. The van der Waals surface area contributed by atoms with E-state index < -0.39 is 5.54 Å². The van der Waals surface area contributed by atoms with Crippen LogP contribution in [0.4, 0.5) is 0 Å². The second kappa shape index (κ2) is 6.33. The largest absolute Gasteiger partial charge is 0.379 e. The third kappa shape index (κ3) is 3.10. The van der Waals surface area contributed by atoms with Crippen LogP contribution in [0.3, 0.4) is 0 Å². The lowest BCUT2D eigenvalue weighted by molar-refractivity contribution is -0.133. The molecule has 1 saturated heterocycles. The number of carbonyl (C=O) groups is 1. The SMILES string of the molecule is CCC(C)(C(=O)Cc1nc(C)c(C)s1)N1CCOCC1. The summed E-state index contributed by atoms with van der Waals surface area (Å²) in [6.45, 7) is 11.3. The van der Waals surface area contributed by atoms with Crippen molar-refractivity contribution in [2.75, 3.05) is 26.3 Å². The number of Topliss-reactive ketones (excluding diaryl/α,β-unsaturated/α-hetero) is 1. The Balaban J connectivity index is 2.11. The van der Waals surface area contributed by atoms with E-state index in [4.69, 9.17) is 4.74 Å². The maximum absolute atomic E-state index is 12.8. The fourth-order valence-corrected chi connectivity index (χ4v) is 3.53. The highest BCUT2D eigenvalue weighted by atomic mass is 32.1. The number of carbonyl (C=O) groups excluding carboxylic acids is 1. The molecule has 4 nitrogen and oxygen atoms in total. The molecular weight excluding hydrogens is 272 g/mol. The molecule has 1 unspecified atom stereocenters. The Morgan fingerprint density at radius 1 is 1.40 bits per heavy atom. The first-order chi connectivity index (χ1) is 9.47. The van der Waals surface area contributed by atoms with E-state index in [1.807, 2.05) is 6.92 Å². The summed E-state index contributed by atoms with van der Waals surface area (Å²) in [4.78, 5) is 20.7. The molecule has 0 N–H and O–H groups in total. The number of hydrogen-bond acceptors (Lipinski definition) is 5. The first-order valence-corrected chi connectivity index (χ1v) is 8.08. The standard InChI is InChI=1S/C15H24N2O2S/c1-5-15(4,17-6-8-19-9-7-17)13(18)10-14-16-11(2)12(3)20-14/h5-10H2,1-4H3. The molecule has 0 spiro atoms. The van der Waals surface area contributed by atoms with E-state index in [1.54, 1.807) is 11.3 Å². The molecule has 0 aliphatic carbocycles. The minimum absolute atomic E-state index is 0.274. The van der Waals surface area contributed by atoms with Gasteiger partial charge in [-0.15, -0.1) is 11.3 Å². The molecule has 5 heteroatoms. The van der Waals surface area contributed by atoms with Crippen molar-refractivity contribution in [2.24, 2.45) is 0 Å². The molecule has 1 aromatic heterocycles. The zero-order valence-electron chi connectivity index (χ0n) is 12.9. The van der Waals surface area contributed by atoms with Crippen LogP contribution in [0.1, 0.15) is 35.8 Å². The third-order valence-corrected chi connectivity index (χ3v) is 5.46. The molecule has 0 amide bonds. The number of hydrogen-bond donors (Lipinski definition) is 0. The molecule has 1 aliphatic heterocycles. The summed E-state index contributed by atoms with van der Waals surface area (Å²) >= 11 is 1.64. The molecule has 1 fully saturated rings. The summed E-state index contributed by atoms with van der Waals surface area (Å²) in [5, 5.41) is 0.943. The van der Waals surface area contributed by atoms with Crippen LogP contribution in [0.5, 0.6) is 0 Å². The highest BCUT2D eigenvalue weighted by molar-refractivity contribution is 7.11. The highest BCUT2D eigenvalue weighted by Crippen LogP contribution is 2.25. The van der Waals surface area contributed by atoms with E-state index in [0.717, 1.165) is 43.4 Å². The first kappa shape index (κ1) is 15.6. The van der Waals surface area contributed by atoms with E-state index in [0.29, 0.717) is 6.42 Å². The average Bonchev–Trinajstić information content (AvgIpc) is 2.77. The Morgan fingerprint density at radius 2 is 2.05 bits per heavy atom. The second-order valence-corrected chi connectivity index (χ2v) is 6.86. The summed E-state index contributed by atoms with van der Waals surface area (Å²) in [6.07, 6.45) is 1.27. The minimum atomic E-state index is -0.392. The van der Waals surface area contributed by atoms with Gasteiger partial charge in [-0.1, -0.05) is 6.92 Å². The van der Waals surface area contributed by atoms with Crippen molar-refractivity contribution in [3.05, 3.63) is 15.6 Å². The quantitative estimate of drug-likeness (QED) is 0.836. The van der Waals surface area contributed by atoms with Gasteiger partial charge in [-0.05, 0) is 27.2 Å². The molecule has 0 saturated carbocycles. The highest BCUT2D eigenvalue weighted by Gasteiger charge is 2.38. The lowest BCUT2D eigenvalue weighted by Crippen LogP contribution is -2.56. The van der Waals surface area contributed by atoms with Gasteiger partial charge < -0.3 is 4.74 Å². The number of ketones is 1. The van der Waals surface area contributed by atoms with E-state index in [2.05, 4.69) is 30.7 Å². The molecule has 112 valence electrons. The minimum Gasteiger partial charge on any atom is -0.379 e. The number of nitrogens with zero attached hydrogens (tertiary/aromatic N) is 2. The van der Waals surface area contributed by atoms with Crippen LogP contribution in [0.15, 0.2) is 0 Å². The molecule has 1 aromatic rings. The second-order valence-electron chi connectivity index (χ2n) is 5.58. The molecule has 2 rings (SSSR count). The van der Waals surface area contributed by atoms with E-state index in [1.165, 1.54) is 4.88 Å². The van der Waals surface area contributed by atoms with Crippen LogP contribution in [0.2, 0.25) is 0 Å². The summed E-state index contributed by atoms with van der Waals surface area (Å²) in [5.74, 6) is 0.274. The fourth-order valence-electron chi connectivity index (χ4n) is 2.60.